The Morgan fingerprint density at radius 1 is 1.12 bits per heavy atom. The third-order valence-electron chi connectivity index (χ3n) is 4.94. The molecule has 1 aliphatic rings. The van der Waals surface area contributed by atoms with Crippen molar-refractivity contribution in [2.45, 2.75) is 58.4 Å². The van der Waals surface area contributed by atoms with E-state index in [-0.39, 0.29) is 0 Å². The zero-order valence-electron chi connectivity index (χ0n) is 15.7. The first-order chi connectivity index (χ1) is 11.8. The SMILES string of the molecule is CCCCCCCOc1ccc(CN2CCCC(CNC)C2)cc1. The van der Waals surface area contributed by atoms with Crippen molar-refractivity contribution < 1.29 is 4.74 Å². The zero-order valence-corrected chi connectivity index (χ0v) is 15.7. The van der Waals surface area contributed by atoms with Gasteiger partial charge < -0.3 is 10.1 Å². The van der Waals surface area contributed by atoms with Gasteiger partial charge in [-0.2, -0.15) is 0 Å². The predicted octanol–water partition coefficient (Wildman–Crippen LogP) is 4.47. The lowest BCUT2D eigenvalue weighted by molar-refractivity contribution is 0.167. The normalized spacial score (nSPS) is 18.7. The Kier molecular flexibility index (Phi) is 9.22. The molecule has 1 fully saturated rings. The predicted molar refractivity (Wildman–Crippen MR) is 103 cm³/mol. The summed E-state index contributed by atoms with van der Waals surface area (Å²) >= 11 is 0. The van der Waals surface area contributed by atoms with E-state index in [1.165, 1.54) is 63.6 Å². The molecular formula is C21H36N2O. The molecule has 1 aromatic rings. The van der Waals surface area contributed by atoms with Crippen molar-refractivity contribution >= 4 is 0 Å². The molecule has 136 valence electrons. The van der Waals surface area contributed by atoms with Gasteiger partial charge in [-0.05, 0) is 63.0 Å². The first-order valence-electron chi connectivity index (χ1n) is 9.90. The molecule has 0 bridgehead atoms. The Morgan fingerprint density at radius 3 is 2.67 bits per heavy atom. The van der Waals surface area contributed by atoms with Crippen molar-refractivity contribution in [3.8, 4) is 5.75 Å². The second kappa shape index (κ2) is 11.5. The van der Waals surface area contributed by atoms with Gasteiger partial charge in [-0.25, -0.2) is 0 Å². The van der Waals surface area contributed by atoms with E-state index in [9.17, 15) is 0 Å². The van der Waals surface area contributed by atoms with Gasteiger partial charge in [0.05, 0.1) is 6.61 Å². The minimum Gasteiger partial charge on any atom is -0.494 e. The molecule has 1 atom stereocenters. The Bertz CT molecular complexity index is 430. The van der Waals surface area contributed by atoms with Gasteiger partial charge in [0.2, 0.25) is 0 Å². The number of hydrogen-bond acceptors (Lipinski definition) is 3. The third-order valence-corrected chi connectivity index (χ3v) is 4.94. The van der Waals surface area contributed by atoms with Crippen LogP contribution in [0.3, 0.4) is 0 Å². The number of ether oxygens (including phenoxy) is 1. The van der Waals surface area contributed by atoms with Crippen LogP contribution in [0.1, 0.15) is 57.4 Å². The molecule has 1 saturated heterocycles. The molecular weight excluding hydrogens is 296 g/mol. The van der Waals surface area contributed by atoms with Crippen molar-refractivity contribution in [1.82, 2.24) is 10.2 Å². The van der Waals surface area contributed by atoms with E-state index in [4.69, 9.17) is 4.74 Å². The minimum absolute atomic E-state index is 0.805. The van der Waals surface area contributed by atoms with Crippen molar-refractivity contribution in [1.29, 1.82) is 0 Å². The second-order valence-electron chi connectivity index (χ2n) is 7.21. The van der Waals surface area contributed by atoms with Crippen molar-refractivity contribution in [2.75, 3.05) is 33.3 Å². The minimum atomic E-state index is 0.805. The number of nitrogens with one attached hydrogen (secondary N) is 1. The number of piperidine rings is 1. The Morgan fingerprint density at radius 2 is 1.92 bits per heavy atom. The number of rotatable bonds is 11. The van der Waals surface area contributed by atoms with Crippen LogP contribution in [0.4, 0.5) is 0 Å². The fourth-order valence-electron chi connectivity index (χ4n) is 3.60. The molecule has 3 nitrogen and oxygen atoms in total. The van der Waals surface area contributed by atoms with E-state index in [0.29, 0.717) is 0 Å². The Balaban J connectivity index is 1.68. The molecule has 0 aliphatic carbocycles. The summed E-state index contributed by atoms with van der Waals surface area (Å²) in [6.45, 7) is 7.76. The molecule has 0 aromatic heterocycles. The van der Waals surface area contributed by atoms with E-state index in [1.807, 2.05) is 0 Å². The molecule has 1 aliphatic heterocycles. The number of likely N-dealkylation sites (tertiary alicyclic amines) is 1. The summed E-state index contributed by atoms with van der Waals surface area (Å²) in [6.07, 6.45) is 9.13. The van der Waals surface area contributed by atoms with Gasteiger partial charge in [-0.15, -0.1) is 0 Å². The molecule has 0 amide bonds. The van der Waals surface area contributed by atoms with Crippen LogP contribution in [0.25, 0.3) is 0 Å². The fraction of sp³-hybridized carbons (Fsp3) is 0.714. The van der Waals surface area contributed by atoms with Gasteiger partial charge in [0, 0.05) is 13.1 Å². The fourth-order valence-corrected chi connectivity index (χ4v) is 3.60. The van der Waals surface area contributed by atoms with Crippen LogP contribution in [0.15, 0.2) is 24.3 Å². The van der Waals surface area contributed by atoms with Gasteiger partial charge in [0.25, 0.3) is 0 Å². The molecule has 0 radical (unpaired) electrons. The van der Waals surface area contributed by atoms with Crippen molar-refractivity contribution in [2.24, 2.45) is 5.92 Å². The van der Waals surface area contributed by atoms with Crippen molar-refractivity contribution in [3.05, 3.63) is 29.8 Å². The summed E-state index contributed by atoms with van der Waals surface area (Å²) in [5.74, 6) is 1.82. The highest BCUT2D eigenvalue weighted by Crippen LogP contribution is 2.19. The average Bonchev–Trinajstić information content (AvgIpc) is 2.60. The highest BCUT2D eigenvalue weighted by Gasteiger charge is 2.19. The van der Waals surface area contributed by atoms with Crippen LogP contribution in [0, 0.1) is 5.92 Å². The van der Waals surface area contributed by atoms with Crippen LogP contribution in [-0.4, -0.2) is 38.2 Å². The van der Waals surface area contributed by atoms with E-state index in [2.05, 4.69) is 48.5 Å². The lowest BCUT2D eigenvalue weighted by atomic mass is 9.97. The highest BCUT2D eigenvalue weighted by atomic mass is 16.5. The van der Waals surface area contributed by atoms with Gasteiger partial charge >= 0.3 is 0 Å². The second-order valence-corrected chi connectivity index (χ2v) is 7.21. The van der Waals surface area contributed by atoms with E-state index < -0.39 is 0 Å². The molecule has 0 spiro atoms. The van der Waals surface area contributed by atoms with Crippen LogP contribution in [-0.2, 0) is 6.54 Å². The highest BCUT2D eigenvalue weighted by molar-refractivity contribution is 5.27. The van der Waals surface area contributed by atoms with Gasteiger partial charge in [0.1, 0.15) is 5.75 Å². The summed E-state index contributed by atoms with van der Waals surface area (Å²) in [4.78, 5) is 2.59. The summed E-state index contributed by atoms with van der Waals surface area (Å²) in [5.41, 5.74) is 1.40. The van der Waals surface area contributed by atoms with Crippen LogP contribution < -0.4 is 10.1 Å². The molecule has 0 saturated carbocycles. The smallest absolute Gasteiger partial charge is 0.119 e. The van der Waals surface area contributed by atoms with Crippen LogP contribution >= 0.6 is 0 Å². The first-order valence-corrected chi connectivity index (χ1v) is 9.90. The van der Waals surface area contributed by atoms with Gasteiger partial charge in [0.15, 0.2) is 0 Å². The molecule has 1 aromatic carbocycles. The third kappa shape index (κ3) is 7.23. The Hall–Kier alpha value is -1.06. The zero-order chi connectivity index (χ0) is 17.0. The van der Waals surface area contributed by atoms with Crippen LogP contribution in [0.2, 0.25) is 0 Å². The maximum atomic E-state index is 5.86. The maximum Gasteiger partial charge on any atom is 0.119 e. The quantitative estimate of drug-likeness (QED) is 0.605. The number of benzene rings is 1. The first kappa shape index (κ1) is 19.3. The average molecular weight is 333 g/mol. The Labute approximate surface area is 148 Å². The number of unbranched alkanes of at least 4 members (excludes halogenated alkanes) is 4. The van der Waals surface area contributed by atoms with E-state index in [0.717, 1.165) is 31.4 Å². The summed E-state index contributed by atoms with van der Waals surface area (Å²) in [5, 5.41) is 3.32. The van der Waals surface area contributed by atoms with E-state index in [1.54, 1.807) is 0 Å². The lowest BCUT2D eigenvalue weighted by Gasteiger charge is -2.32. The molecule has 1 unspecified atom stereocenters. The molecule has 2 rings (SSSR count). The van der Waals surface area contributed by atoms with Gasteiger partial charge in [-0.3, -0.25) is 4.90 Å². The van der Waals surface area contributed by atoms with E-state index >= 15 is 0 Å². The summed E-state index contributed by atoms with van der Waals surface area (Å²) < 4.78 is 5.86. The number of hydrogen-bond donors (Lipinski definition) is 1. The monoisotopic (exact) mass is 332 g/mol. The lowest BCUT2D eigenvalue weighted by Crippen LogP contribution is -2.38. The standard InChI is InChI=1S/C21H36N2O/c1-3-4-5-6-7-15-24-21-12-10-19(11-13-21)17-23-14-8-9-20(18-23)16-22-2/h10-13,20,22H,3-9,14-18H2,1-2H3. The number of nitrogens with zero attached hydrogens (tertiary/aromatic N) is 1. The molecule has 1 heterocycles. The molecule has 3 heteroatoms. The maximum absolute atomic E-state index is 5.86. The molecule has 24 heavy (non-hydrogen) atoms. The van der Waals surface area contributed by atoms with Crippen molar-refractivity contribution in [3.63, 3.8) is 0 Å². The van der Waals surface area contributed by atoms with Gasteiger partial charge in [-0.1, -0.05) is 44.7 Å². The summed E-state index contributed by atoms with van der Waals surface area (Å²) in [6, 6.07) is 8.73. The largest absolute Gasteiger partial charge is 0.494 e. The molecule has 1 N–H and O–H groups in total. The summed E-state index contributed by atoms with van der Waals surface area (Å²) in [7, 11) is 2.06. The van der Waals surface area contributed by atoms with Crippen LogP contribution in [0.5, 0.6) is 5.75 Å². The topological polar surface area (TPSA) is 24.5 Å².